The Morgan fingerprint density at radius 1 is 1.32 bits per heavy atom. The van der Waals surface area contributed by atoms with Gasteiger partial charge in [-0.3, -0.25) is 4.57 Å². The number of esters is 1. The van der Waals surface area contributed by atoms with Gasteiger partial charge in [0.1, 0.15) is 0 Å². The summed E-state index contributed by atoms with van der Waals surface area (Å²) in [5.41, 5.74) is 1.86. The minimum Gasteiger partial charge on any atom is -0.465 e. The van der Waals surface area contributed by atoms with Gasteiger partial charge in [0.2, 0.25) is 0 Å². The molecule has 5 nitrogen and oxygen atoms in total. The third kappa shape index (κ3) is 2.45. The molecule has 0 saturated carbocycles. The number of carbonyl (C=O) groups is 1. The second-order valence-corrected chi connectivity index (χ2v) is 3.92. The van der Waals surface area contributed by atoms with E-state index in [0.717, 1.165) is 5.69 Å². The van der Waals surface area contributed by atoms with Crippen LogP contribution in [0.1, 0.15) is 23.1 Å². The van der Waals surface area contributed by atoms with Crippen LogP contribution in [-0.4, -0.2) is 29.2 Å². The van der Waals surface area contributed by atoms with Crippen LogP contribution in [0.3, 0.4) is 0 Å². The highest BCUT2D eigenvalue weighted by Gasteiger charge is 2.21. The van der Waals surface area contributed by atoms with E-state index in [0.29, 0.717) is 18.3 Å². The third-order valence-corrected chi connectivity index (χ3v) is 2.74. The Bertz CT molecular complexity index is 576. The van der Waals surface area contributed by atoms with Crippen molar-refractivity contribution in [3.63, 3.8) is 0 Å². The van der Waals surface area contributed by atoms with Crippen LogP contribution in [-0.2, 0) is 4.74 Å². The zero-order chi connectivity index (χ0) is 13.8. The molecule has 0 radical (unpaired) electrons. The number of carbonyl (C=O) groups excluding carboxylic acids is 1. The van der Waals surface area contributed by atoms with Gasteiger partial charge in [-0.25, -0.2) is 4.79 Å². The first-order chi connectivity index (χ1) is 9.19. The molecular formula is C14H16N2O3. The molecule has 0 bridgehead atoms. The lowest BCUT2D eigenvalue weighted by Gasteiger charge is -2.09. The van der Waals surface area contributed by atoms with Gasteiger partial charge in [-0.1, -0.05) is 18.2 Å². The van der Waals surface area contributed by atoms with E-state index in [-0.39, 0.29) is 5.69 Å². The number of methoxy groups -OCH3 is 1. The molecule has 0 aliphatic heterocycles. The molecule has 2 aromatic rings. The smallest absolute Gasteiger partial charge is 0.358 e. The normalized spacial score (nSPS) is 10.3. The van der Waals surface area contributed by atoms with Gasteiger partial charge >= 0.3 is 12.0 Å². The minimum absolute atomic E-state index is 0.273. The summed E-state index contributed by atoms with van der Waals surface area (Å²) < 4.78 is 12.0. The van der Waals surface area contributed by atoms with E-state index >= 15 is 0 Å². The topological polar surface area (TPSA) is 53.4 Å². The highest BCUT2D eigenvalue weighted by atomic mass is 16.5. The molecule has 19 heavy (non-hydrogen) atoms. The number of nitrogens with zero attached hydrogens (tertiary/aromatic N) is 2. The summed E-state index contributed by atoms with van der Waals surface area (Å²) in [4.78, 5) is 15.9. The summed E-state index contributed by atoms with van der Waals surface area (Å²) in [6.07, 6.45) is 0. The number of hydrogen-bond acceptors (Lipinski definition) is 4. The maximum atomic E-state index is 11.7. The van der Waals surface area contributed by atoms with Gasteiger partial charge in [-0.05, 0) is 26.0 Å². The molecule has 0 N–H and O–H groups in total. The molecule has 0 atom stereocenters. The Morgan fingerprint density at radius 3 is 2.58 bits per heavy atom. The first kappa shape index (κ1) is 13.1. The molecule has 0 fully saturated rings. The predicted octanol–water partition coefficient (Wildman–Crippen LogP) is 2.37. The van der Waals surface area contributed by atoms with Crippen LogP contribution in [0.2, 0.25) is 0 Å². The maximum Gasteiger partial charge on any atom is 0.358 e. The molecule has 100 valence electrons. The zero-order valence-corrected chi connectivity index (χ0v) is 11.2. The van der Waals surface area contributed by atoms with Crippen molar-refractivity contribution in [3.8, 4) is 11.7 Å². The fourth-order valence-corrected chi connectivity index (χ4v) is 1.87. The first-order valence-corrected chi connectivity index (χ1v) is 6.05. The van der Waals surface area contributed by atoms with Crippen molar-refractivity contribution in [1.29, 1.82) is 0 Å². The largest absolute Gasteiger partial charge is 0.465 e. The van der Waals surface area contributed by atoms with Gasteiger partial charge in [0.05, 0.1) is 25.1 Å². The van der Waals surface area contributed by atoms with Crippen LogP contribution in [0.4, 0.5) is 0 Å². The molecule has 0 saturated heterocycles. The van der Waals surface area contributed by atoms with Crippen LogP contribution < -0.4 is 4.74 Å². The molecule has 0 amide bonds. The Morgan fingerprint density at radius 2 is 2.00 bits per heavy atom. The van der Waals surface area contributed by atoms with Gasteiger partial charge in [0.15, 0.2) is 5.69 Å². The molecule has 0 unspecified atom stereocenters. The van der Waals surface area contributed by atoms with Crippen molar-refractivity contribution >= 4 is 5.97 Å². The quantitative estimate of drug-likeness (QED) is 0.792. The van der Waals surface area contributed by atoms with E-state index in [1.807, 2.05) is 44.2 Å². The summed E-state index contributed by atoms with van der Waals surface area (Å²) in [5.74, 6) is -0.465. The zero-order valence-electron chi connectivity index (χ0n) is 11.2. The van der Waals surface area contributed by atoms with Crippen LogP contribution in [0.25, 0.3) is 5.69 Å². The minimum atomic E-state index is -0.465. The second kappa shape index (κ2) is 5.56. The number of aromatic nitrogens is 2. The van der Waals surface area contributed by atoms with Crippen LogP contribution >= 0.6 is 0 Å². The Kier molecular flexibility index (Phi) is 3.85. The fraction of sp³-hybridized carbons (Fsp3) is 0.286. The molecule has 1 heterocycles. The molecule has 0 aliphatic carbocycles. The van der Waals surface area contributed by atoms with Gasteiger partial charge in [-0.15, -0.1) is 0 Å². The first-order valence-electron chi connectivity index (χ1n) is 6.05. The Labute approximate surface area is 111 Å². The van der Waals surface area contributed by atoms with Crippen LogP contribution in [0.15, 0.2) is 30.3 Å². The predicted molar refractivity (Wildman–Crippen MR) is 70.8 cm³/mol. The van der Waals surface area contributed by atoms with Gasteiger partial charge in [0.25, 0.3) is 0 Å². The maximum absolute atomic E-state index is 11.7. The number of rotatable bonds is 4. The van der Waals surface area contributed by atoms with E-state index in [2.05, 4.69) is 4.98 Å². The number of para-hydroxylation sites is 1. The van der Waals surface area contributed by atoms with Crippen molar-refractivity contribution < 1.29 is 14.3 Å². The van der Waals surface area contributed by atoms with Crippen LogP contribution in [0.5, 0.6) is 6.01 Å². The summed E-state index contributed by atoms with van der Waals surface area (Å²) in [6.45, 7) is 4.16. The van der Waals surface area contributed by atoms with Crippen molar-refractivity contribution in [3.05, 3.63) is 41.7 Å². The molecule has 1 aromatic carbocycles. The van der Waals surface area contributed by atoms with Gasteiger partial charge < -0.3 is 9.47 Å². The number of ether oxygens (including phenoxy) is 2. The van der Waals surface area contributed by atoms with E-state index in [4.69, 9.17) is 9.47 Å². The number of benzene rings is 1. The van der Waals surface area contributed by atoms with Crippen LogP contribution in [0, 0.1) is 6.92 Å². The van der Waals surface area contributed by atoms with Crippen molar-refractivity contribution in [2.24, 2.45) is 0 Å². The van der Waals surface area contributed by atoms with E-state index < -0.39 is 5.97 Å². The number of imidazole rings is 1. The van der Waals surface area contributed by atoms with Crippen molar-refractivity contribution in [2.75, 3.05) is 13.7 Å². The van der Waals surface area contributed by atoms with Crippen molar-refractivity contribution in [1.82, 2.24) is 9.55 Å². The summed E-state index contributed by atoms with van der Waals surface area (Å²) in [5, 5.41) is 0. The average molecular weight is 260 g/mol. The average Bonchev–Trinajstić information content (AvgIpc) is 2.76. The number of hydrogen-bond donors (Lipinski definition) is 0. The van der Waals surface area contributed by atoms with E-state index in [9.17, 15) is 4.79 Å². The lowest BCUT2D eigenvalue weighted by molar-refractivity contribution is 0.0593. The van der Waals surface area contributed by atoms with E-state index in [1.165, 1.54) is 7.11 Å². The molecule has 0 aliphatic rings. The summed E-state index contributed by atoms with van der Waals surface area (Å²) in [7, 11) is 1.34. The molecule has 2 rings (SSSR count). The summed E-state index contributed by atoms with van der Waals surface area (Å²) >= 11 is 0. The SMILES string of the molecule is CCOc1nc(C(=O)OC)c(C)n1-c1ccccc1. The lowest BCUT2D eigenvalue weighted by Crippen LogP contribution is -2.05. The highest BCUT2D eigenvalue weighted by Crippen LogP contribution is 2.23. The second-order valence-electron chi connectivity index (χ2n) is 3.92. The fourth-order valence-electron chi connectivity index (χ4n) is 1.87. The molecule has 0 spiro atoms. The molecular weight excluding hydrogens is 244 g/mol. The standard InChI is InChI=1S/C14H16N2O3/c1-4-19-14-15-12(13(17)18-3)10(2)16(14)11-8-6-5-7-9-11/h5-9H,4H2,1-3H3. The monoisotopic (exact) mass is 260 g/mol. The van der Waals surface area contributed by atoms with Gasteiger partial charge in [0, 0.05) is 0 Å². The third-order valence-electron chi connectivity index (χ3n) is 2.74. The molecule has 1 aromatic heterocycles. The lowest BCUT2D eigenvalue weighted by atomic mass is 10.3. The van der Waals surface area contributed by atoms with Gasteiger partial charge in [-0.2, -0.15) is 4.98 Å². The van der Waals surface area contributed by atoms with E-state index in [1.54, 1.807) is 4.57 Å². The molecule has 5 heteroatoms. The Balaban J connectivity index is 2.58. The summed E-state index contributed by atoms with van der Waals surface area (Å²) in [6, 6.07) is 10.0. The highest BCUT2D eigenvalue weighted by molar-refractivity contribution is 5.89. The Hall–Kier alpha value is -2.30. The van der Waals surface area contributed by atoms with Crippen molar-refractivity contribution in [2.45, 2.75) is 13.8 Å².